The van der Waals surface area contributed by atoms with Crippen LogP contribution in [0.25, 0.3) is 22.0 Å². The lowest BCUT2D eigenvalue weighted by atomic mass is 10.0. The summed E-state index contributed by atoms with van der Waals surface area (Å²) in [5.74, 6) is 0.505. The van der Waals surface area contributed by atoms with Crippen molar-refractivity contribution in [3.8, 4) is 22.9 Å². The Balaban J connectivity index is 1.48. The molecule has 0 aliphatic carbocycles. The van der Waals surface area contributed by atoms with Crippen LogP contribution in [0.15, 0.2) is 18.5 Å². The molecule has 3 aromatic rings. The Morgan fingerprint density at radius 3 is 2.97 bits per heavy atom. The first-order valence-electron chi connectivity index (χ1n) is 11.3. The van der Waals surface area contributed by atoms with Gasteiger partial charge < -0.3 is 24.0 Å². The summed E-state index contributed by atoms with van der Waals surface area (Å²) in [4.78, 5) is 15.1. The summed E-state index contributed by atoms with van der Waals surface area (Å²) < 4.78 is 13.8. The number of halogens is 2. The van der Waals surface area contributed by atoms with Crippen molar-refractivity contribution in [2.45, 2.75) is 25.6 Å². The molecule has 35 heavy (non-hydrogen) atoms. The number of rotatable bonds is 6. The Labute approximate surface area is 211 Å². The van der Waals surface area contributed by atoms with E-state index in [9.17, 15) is 9.90 Å². The van der Waals surface area contributed by atoms with Gasteiger partial charge in [-0.25, -0.2) is 4.79 Å². The average molecular weight is 519 g/mol. The van der Waals surface area contributed by atoms with Crippen molar-refractivity contribution in [1.82, 2.24) is 24.6 Å². The number of carbonyl (C=O) groups is 1. The molecule has 0 radical (unpaired) electrons. The van der Waals surface area contributed by atoms with E-state index in [0.717, 1.165) is 47.2 Å². The molecule has 1 fully saturated rings. The van der Waals surface area contributed by atoms with Crippen LogP contribution in [0, 0.1) is 11.3 Å². The zero-order chi connectivity index (χ0) is 24.5. The van der Waals surface area contributed by atoms with Crippen molar-refractivity contribution in [3.63, 3.8) is 0 Å². The van der Waals surface area contributed by atoms with Gasteiger partial charge in [-0.05, 0) is 6.42 Å². The number of aromatic amines is 1. The highest BCUT2D eigenvalue weighted by Gasteiger charge is 2.30. The van der Waals surface area contributed by atoms with Crippen LogP contribution in [0.4, 0.5) is 4.79 Å². The first-order chi connectivity index (χ1) is 17.0. The van der Waals surface area contributed by atoms with Crippen molar-refractivity contribution in [1.29, 1.82) is 5.26 Å². The second-order valence-electron chi connectivity index (χ2n) is 8.59. The number of carboxylic acid groups (broad SMARTS) is 1. The summed E-state index contributed by atoms with van der Waals surface area (Å²) >= 11 is 13.2. The normalized spacial score (nSPS) is 18.4. The van der Waals surface area contributed by atoms with E-state index in [4.69, 9.17) is 37.9 Å². The number of fused-ring (bicyclic) bond motifs is 3. The summed E-state index contributed by atoms with van der Waals surface area (Å²) in [5.41, 5.74) is 3.66. The molecule has 5 rings (SSSR count). The SMILES string of the molecule is N#CCOc1cc(Cl)c(Cl)c2c1c(-c1cn[nH]c1)c1n2CCN(CCC2CN(C(=O)O)CCO2)C1. The largest absolute Gasteiger partial charge is 0.478 e. The molecule has 12 heteroatoms. The number of amides is 1. The zero-order valence-electron chi connectivity index (χ0n) is 18.8. The molecular weight excluding hydrogens is 495 g/mol. The predicted octanol–water partition coefficient (Wildman–Crippen LogP) is 3.83. The van der Waals surface area contributed by atoms with Gasteiger partial charge >= 0.3 is 6.09 Å². The van der Waals surface area contributed by atoms with E-state index in [1.807, 2.05) is 12.3 Å². The van der Waals surface area contributed by atoms with Crippen molar-refractivity contribution in [2.24, 2.45) is 0 Å². The van der Waals surface area contributed by atoms with Crippen molar-refractivity contribution >= 4 is 40.2 Å². The van der Waals surface area contributed by atoms with Crippen LogP contribution in [0.3, 0.4) is 0 Å². The minimum absolute atomic E-state index is 0.112. The lowest BCUT2D eigenvalue weighted by molar-refractivity contribution is -0.0297. The van der Waals surface area contributed by atoms with Crippen LogP contribution in [0.1, 0.15) is 12.1 Å². The van der Waals surface area contributed by atoms with Gasteiger partial charge in [0.05, 0.1) is 46.4 Å². The number of H-pyrrole nitrogens is 1. The maximum Gasteiger partial charge on any atom is 0.407 e. The Morgan fingerprint density at radius 2 is 2.23 bits per heavy atom. The number of nitrogens with one attached hydrogen (secondary N) is 1. The lowest BCUT2D eigenvalue weighted by Crippen LogP contribution is -2.46. The summed E-state index contributed by atoms with van der Waals surface area (Å²) in [7, 11) is 0. The molecule has 0 bridgehead atoms. The number of hydrogen-bond acceptors (Lipinski definition) is 6. The van der Waals surface area contributed by atoms with Crippen LogP contribution in [-0.2, 0) is 17.8 Å². The van der Waals surface area contributed by atoms with Crippen LogP contribution < -0.4 is 4.74 Å². The standard InChI is InChI=1S/C23H24Cl2N6O4/c24-16-9-18(35-7-2-26)20-19(14-10-27-28-11-14)17-13-29(4-5-31(17)22(20)21(16)25)3-1-15-12-30(23(32)33)6-8-34-15/h9-11,15H,1,3-8,12-13H2,(H,27,28)(H,32,33). The zero-order valence-corrected chi connectivity index (χ0v) is 20.3. The van der Waals surface area contributed by atoms with E-state index < -0.39 is 6.09 Å². The molecule has 2 aromatic heterocycles. The minimum Gasteiger partial charge on any atom is -0.478 e. The predicted molar refractivity (Wildman–Crippen MR) is 130 cm³/mol. The molecule has 184 valence electrons. The fourth-order valence-electron chi connectivity index (χ4n) is 4.95. The molecule has 1 atom stereocenters. The van der Waals surface area contributed by atoms with Gasteiger partial charge in [-0.3, -0.25) is 10.00 Å². The van der Waals surface area contributed by atoms with Crippen molar-refractivity contribution in [3.05, 3.63) is 34.2 Å². The third kappa shape index (κ3) is 4.52. The topological polar surface area (TPSA) is 120 Å². The van der Waals surface area contributed by atoms with Crippen LogP contribution in [-0.4, -0.2) is 81.3 Å². The maximum atomic E-state index is 11.3. The smallest absolute Gasteiger partial charge is 0.407 e. The van der Waals surface area contributed by atoms with E-state index in [2.05, 4.69) is 19.7 Å². The Kier molecular flexibility index (Phi) is 6.75. The van der Waals surface area contributed by atoms with Crippen molar-refractivity contribution in [2.75, 3.05) is 39.4 Å². The molecular formula is C23H24Cl2N6O4. The number of ether oxygens (including phenoxy) is 2. The quantitative estimate of drug-likeness (QED) is 0.508. The number of morpholine rings is 1. The molecule has 4 heterocycles. The minimum atomic E-state index is -0.907. The van der Waals surface area contributed by atoms with Gasteiger partial charge in [-0.15, -0.1) is 0 Å². The third-order valence-corrected chi connectivity index (χ3v) is 7.34. The van der Waals surface area contributed by atoms with Crippen LogP contribution in [0.2, 0.25) is 10.0 Å². The van der Waals surface area contributed by atoms with Gasteiger partial charge in [0.1, 0.15) is 11.8 Å². The highest BCUT2D eigenvalue weighted by Crippen LogP contribution is 2.47. The number of hydrogen-bond donors (Lipinski definition) is 2. The van der Waals surface area contributed by atoms with Gasteiger partial charge in [-0.1, -0.05) is 23.2 Å². The first-order valence-corrected chi connectivity index (χ1v) is 12.1. The molecule has 0 spiro atoms. The average Bonchev–Trinajstić information content (AvgIpc) is 3.50. The molecule has 2 N–H and O–H groups in total. The monoisotopic (exact) mass is 518 g/mol. The van der Waals surface area contributed by atoms with E-state index in [-0.39, 0.29) is 12.7 Å². The molecule has 1 saturated heterocycles. The molecule has 1 unspecified atom stereocenters. The molecule has 2 aliphatic heterocycles. The van der Waals surface area contributed by atoms with E-state index >= 15 is 0 Å². The van der Waals surface area contributed by atoms with Crippen LogP contribution >= 0.6 is 23.2 Å². The second-order valence-corrected chi connectivity index (χ2v) is 9.37. The Morgan fingerprint density at radius 1 is 1.37 bits per heavy atom. The maximum absolute atomic E-state index is 11.3. The molecule has 0 saturated carbocycles. The lowest BCUT2D eigenvalue weighted by Gasteiger charge is -2.34. The number of benzene rings is 1. The summed E-state index contributed by atoms with van der Waals surface area (Å²) in [6, 6.07) is 3.67. The number of nitrogens with zero attached hydrogens (tertiary/aromatic N) is 5. The third-order valence-electron chi connectivity index (χ3n) is 6.56. The highest BCUT2D eigenvalue weighted by atomic mass is 35.5. The van der Waals surface area contributed by atoms with Crippen LogP contribution in [0.5, 0.6) is 5.75 Å². The van der Waals surface area contributed by atoms with E-state index in [1.165, 1.54) is 4.90 Å². The van der Waals surface area contributed by atoms with Crippen molar-refractivity contribution < 1.29 is 19.4 Å². The van der Waals surface area contributed by atoms with E-state index in [1.54, 1.807) is 12.3 Å². The fourth-order valence-corrected chi connectivity index (χ4v) is 5.39. The Hall–Kier alpha value is -2.97. The molecule has 1 aromatic carbocycles. The summed E-state index contributed by atoms with van der Waals surface area (Å²) in [6.45, 7) is 3.98. The van der Waals surface area contributed by atoms with Gasteiger partial charge in [0.15, 0.2) is 6.61 Å². The number of aromatic nitrogens is 3. The molecule has 1 amide bonds. The second kappa shape index (κ2) is 9.95. The van der Waals surface area contributed by atoms with Gasteiger partial charge in [-0.2, -0.15) is 10.4 Å². The first kappa shape index (κ1) is 23.8. The summed E-state index contributed by atoms with van der Waals surface area (Å²) in [5, 5.41) is 27.0. The van der Waals surface area contributed by atoms with Gasteiger partial charge in [0.25, 0.3) is 0 Å². The highest BCUT2D eigenvalue weighted by molar-refractivity contribution is 6.45. The molecule has 10 nitrogen and oxygen atoms in total. The summed E-state index contributed by atoms with van der Waals surface area (Å²) in [6.07, 6.45) is 3.27. The number of nitriles is 1. The Bertz CT molecular complexity index is 1290. The van der Waals surface area contributed by atoms with Gasteiger partial charge in [0, 0.05) is 61.8 Å². The fraction of sp³-hybridized carbons (Fsp3) is 0.435. The molecule has 2 aliphatic rings. The van der Waals surface area contributed by atoms with E-state index in [0.29, 0.717) is 48.6 Å². The van der Waals surface area contributed by atoms with Gasteiger partial charge in [0.2, 0.25) is 0 Å².